The second-order valence-corrected chi connectivity index (χ2v) is 12.0. The lowest BCUT2D eigenvalue weighted by Gasteiger charge is -2.36. The summed E-state index contributed by atoms with van der Waals surface area (Å²) in [5.74, 6) is 0.893. The topological polar surface area (TPSA) is 112 Å². The predicted molar refractivity (Wildman–Crippen MR) is 172 cm³/mol. The van der Waals surface area contributed by atoms with Crippen molar-refractivity contribution in [2.24, 2.45) is 0 Å². The maximum Gasteiger partial charge on any atom is 0.258 e. The molecule has 4 aromatic rings. The Hall–Kier alpha value is -4.06. The summed E-state index contributed by atoms with van der Waals surface area (Å²) in [6.45, 7) is 6.15. The molecule has 1 aromatic carbocycles. The van der Waals surface area contributed by atoms with Gasteiger partial charge in [0.2, 0.25) is 5.95 Å². The molecule has 0 unspecified atom stereocenters. The average molecular weight is 599 g/mol. The minimum absolute atomic E-state index is 0.129. The first-order valence-electron chi connectivity index (χ1n) is 15.5. The summed E-state index contributed by atoms with van der Waals surface area (Å²) in [6.07, 6.45) is 7.79. The molecular weight excluding hydrogens is 556 g/mol. The number of piperazine rings is 1. The van der Waals surface area contributed by atoms with Crippen LogP contribution in [0.3, 0.4) is 0 Å². The first-order valence-corrected chi connectivity index (χ1v) is 15.5. The molecule has 44 heavy (non-hydrogen) atoms. The van der Waals surface area contributed by atoms with Gasteiger partial charge < -0.3 is 24.2 Å². The molecule has 1 saturated carbocycles. The van der Waals surface area contributed by atoms with Gasteiger partial charge in [-0.15, -0.1) is 0 Å². The van der Waals surface area contributed by atoms with Crippen molar-refractivity contribution < 1.29 is 14.6 Å². The highest BCUT2D eigenvalue weighted by Crippen LogP contribution is 2.36. The van der Waals surface area contributed by atoms with E-state index in [9.17, 15) is 9.90 Å². The standard InChI is InChI=1S/C33H42N8O3/c1-38(2)14-15-39-16-18-40(19-17-39)25-6-9-28-30(21-25)41(24-4-7-26(42)8-5-24)33(36-28)37-32(43)23-10-13-35-29(20-23)27-22-34-12-11-31(27)44-3/h6,9-13,20-22,24,26,42H,4-5,7-8,14-19H2,1-3H3,(H,36,37,43). The molecule has 6 rings (SSSR count). The second kappa shape index (κ2) is 13.3. The van der Waals surface area contributed by atoms with E-state index in [1.165, 1.54) is 5.69 Å². The number of methoxy groups -OCH3 is 1. The first kappa shape index (κ1) is 30.0. The summed E-state index contributed by atoms with van der Waals surface area (Å²) in [5, 5.41) is 13.3. The maximum atomic E-state index is 13.7. The van der Waals surface area contributed by atoms with Crippen molar-refractivity contribution in [3.8, 4) is 17.0 Å². The van der Waals surface area contributed by atoms with Crippen LogP contribution in [-0.4, -0.2) is 107 Å². The number of imidazole rings is 1. The summed E-state index contributed by atoms with van der Waals surface area (Å²) in [5.41, 5.74) is 4.79. The van der Waals surface area contributed by atoms with Gasteiger partial charge in [0.25, 0.3) is 5.91 Å². The number of nitrogens with zero attached hydrogens (tertiary/aromatic N) is 7. The largest absolute Gasteiger partial charge is 0.496 e. The van der Waals surface area contributed by atoms with E-state index in [1.54, 1.807) is 43.9 Å². The summed E-state index contributed by atoms with van der Waals surface area (Å²) in [7, 11) is 5.83. The zero-order valence-electron chi connectivity index (χ0n) is 25.8. The van der Waals surface area contributed by atoms with Crippen LogP contribution in [0.5, 0.6) is 5.75 Å². The summed E-state index contributed by atoms with van der Waals surface area (Å²) in [4.78, 5) is 34.4. The Morgan fingerprint density at radius 3 is 2.59 bits per heavy atom. The van der Waals surface area contributed by atoms with Crippen molar-refractivity contribution in [3.63, 3.8) is 0 Å². The van der Waals surface area contributed by atoms with E-state index in [2.05, 4.69) is 66.8 Å². The van der Waals surface area contributed by atoms with Crippen LogP contribution in [0.4, 0.5) is 11.6 Å². The molecule has 2 aliphatic rings. The summed E-state index contributed by atoms with van der Waals surface area (Å²) < 4.78 is 7.66. The van der Waals surface area contributed by atoms with Gasteiger partial charge in [-0.05, 0) is 76.2 Å². The average Bonchev–Trinajstić information content (AvgIpc) is 3.41. The van der Waals surface area contributed by atoms with Crippen LogP contribution in [0.25, 0.3) is 22.3 Å². The molecule has 0 spiro atoms. The van der Waals surface area contributed by atoms with Gasteiger partial charge >= 0.3 is 0 Å². The molecule has 4 heterocycles. The van der Waals surface area contributed by atoms with Gasteiger partial charge in [0, 0.05) is 75.2 Å². The van der Waals surface area contributed by atoms with E-state index in [-0.39, 0.29) is 18.1 Å². The van der Waals surface area contributed by atoms with E-state index < -0.39 is 0 Å². The third-order valence-electron chi connectivity index (χ3n) is 8.83. The number of carbonyl (C=O) groups is 1. The number of likely N-dealkylation sites (N-methyl/N-ethyl adjacent to an activating group) is 1. The zero-order valence-corrected chi connectivity index (χ0v) is 25.8. The molecule has 11 heteroatoms. The van der Waals surface area contributed by atoms with Crippen molar-refractivity contribution in [1.82, 2.24) is 29.3 Å². The number of nitrogens with one attached hydrogen (secondary N) is 1. The highest BCUT2D eigenvalue weighted by molar-refractivity contribution is 6.04. The second-order valence-electron chi connectivity index (χ2n) is 12.0. The molecule has 0 atom stereocenters. The van der Waals surface area contributed by atoms with Crippen molar-refractivity contribution in [3.05, 3.63) is 60.6 Å². The molecule has 2 fully saturated rings. The number of aromatic nitrogens is 4. The Labute approximate surface area is 258 Å². The van der Waals surface area contributed by atoms with Crippen molar-refractivity contribution in [2.45, 2.75) is 37.8 Å². The lowest BCUT2D eigenvalue weighted by Crippen LogP contribution is -2.48. The lowest BCUT2D eigenvalue weighted by molar-refractivity contribution is 0.102. The van der Waals surface area contributed by atoms with Gasteiger partial charge in [0.1, 0.15) is 5.75 Å². The predicted octanol–water partition coefficient (Wildman–Crippen LogP) is 3.91. The fourth-order valence-electron chi connectivity index (χ4n) is 6.27. The number of aliphatic hydroxyl groups is 1. The quantitative estimate of drug-likeness (QED) is 0.296. The molecule has 0 radical (unpaired) electrons. The molecule has 1 aliphatic heterocycles. The van der Waals surface area contributed by atoms with Crippen LogP contribution in [0.15, 0.2) is 55.0 Å². The van der Waals surface area contributed by atoms with E-state index in [4.69, 9.17) is 9.72 Å². The van der Waals surface area contributed by atoms with Gasteiger partial charge in [0.15, 0.2) is 0 Å². The van der Waals surface area contributed by atoms with Crippen molar-refractivity contribution in [1.29, 1.82) is 0 Å². The van der Waals surface area contributed by atoms with Crippen LogP contribution in [-0.2, 0) is 0 Å². The van der Waals surface area contributed by atoms with E-state index >= 15 is 0 Å². The number of benzene rings is 1. The third-order valence-corrected chi connectivity index (χ3v) is 8.83. The minimum atomic E-state index is -0.280. The van der Waals surface area contributed by atoms with Crippen LogP contribution >= 0.6 is 0 Å². The Kier molecular flexibility index (Phi) is 9.06. The number of carbonyl (C=O) groups excluding carboxylic acids is 1. The van der Waals surface area contributed by atoms with Crippen LogP contribution in [0.1, 0.15) is 42.1 Å². The number of rotatable bonds is 9. The molecule has 1 amide bonds. The van der Waals surface area contributed by atoms with Crippen LogP contribution in [0.2, 0.25) is 0 Å². The van der Waals surface area contributed by atoms with Gasteiger partial charge in [-0.25, -0.2) is 4.98 Å². The van der Waals surface area contributed by atoms with Crippen molar-refractivity contribution in [2.75, 3.05) is 70.7 Å². The highest BCUT2D eigenvalue weighted by Gasteiger charge is 2.27. The Bertz CT molecular complexity index is 1590. The van der Waals surface area contributed by atoms with Gasteiger partial charge in [-0.1, -0.05) is 0 Å². The minimum Gasteiger partial charge on any atom is -0.496 e. The maximum absolute atomic E-state index is 13.7. The van der Waals surface area contributed by atoms with Gasteiger partial charge in [0.05, 0.1) is 35.5 Å². The number of hydrogen-bond donors (Lipinski definition) is 2. The highest BCUT2D eigenvalue weighted by atomic mass is 16.5. The molecule has 11 nitrogen and oxygen atoms in total. The number of ether oxygens (including phenoxy) is 1. The molecule has 232 valence electrons. The van der Waals surface area contributed by atoms with Crippen LogP contribution in [0, 0.1) is 0 Å². The Morgan fingerprint density at radius 1 is 1.05 bits per heavy atom. The van der Waals surface area contributed by atoms with Crippen LogP contribution < -0.4 is 15.0 Å². The van der Waals surface area contributed by atoms with E-state index in [0.717, 1.165) is 76.0 Å². The fraction of sp³-hybridized carbons (Fsp3) is 0.455. The monoisotopic (exact) mass is 598 g/mol. The smallest absolute Gasteiger partial charge is 0.258 e. The number of hydrogen-bond acceptors (Lipinski definition) is 9. The molecule has 3 aromatic heterocycles. The number of aliphatic hydroxyl groups excluding tert-OH is 1. The molecular formula is C33H42N8O3. The van der Waals surface area contributed by atoms with Crippen molar-refractivity contribution >= 4 is 28.6 Å². The zero-order chi connectivity index (χ0) is 30.6. The lowest BCUT2D eigenvalue weighted by atomic mass is 9.93. The summed E-state index contributed by atoms with van der Waals surface area (Å²) >= 11 is 0. The van der Waals surface area contributed by atoms with E-state index in [1.807, 2.05) is 0 Å². The number of amides is 1. The normalized spacial score (nSPS) is 19.4. The third kappa shape index (κ3) is 6.54. The summed E-state index contributed by atoms with van der Waals surface area (Å²) in [6, 6.07) is 11.8. The number of pyridine rings is 2. The fourth-order valence-corrected chi connectivity index (χ4v) is 6.27. The Balaban J connectivity index is 1.27. The molecule has 1 saturated heterocycles. The molecule has 0 bridgehead atoms. The Morgan fingerprint density at radius 2 is 1.84 bits per heavy atom. The number of fused-ring (bicyclic) bond motifs is 1. The van der Waals surface area contributed by atoms with Gasteiger partial charge in [-0.3, -0.25) is 25.0 Å². The number of anilines is 2. The molecule has 2 N–H and O–H groups in total. The van der Waals surface area contributed by atoms with Gasteiger partial charge in [-0.2, -0.15) is 0 Å². The van der Waals surface area contributed by atoms with E-state index in [0.29, 0.717) is 28.5 Å². The SMILES string of the molecule is COc1ccncc1-c1cc(C(=O)Nc2nc3ccc(N4CCN(CCN(C)C)CC4)cc3n2C2CCC(O)CC2)ccn1. The molecule has 1 aliphatic carbocycles. The first-order chi connectivity index (χ1) is 21.4.